The van der Waals surface area contributed by atoms with E-state index in [0.29, 0.717) is 0 Å². The van der Waals surface area contributed by atoms with Gasteiger partial charge in [-0.1, -0.05) is 0 Å². The van der Waals surface area contributed by atoms with Crippen LogP contribution in [-0.2, 0) is 0 Å². The highest BCUT2D eigenvalue weighted by atomic mass is 35.5. The van der Waals surface area contributed by atoms with Crippen LogP contribution in [0.5, 0.6) is 0 Å². The molecule has 0 nitrogen and oxygen atoms in total. The van der Waals surface area contributed by atoms with Gasteiger partial charge in [0.15, 0.2) is 0 Å². The lowest BCUT2D eigenvalue weighted by atomic mass is 11.9. The van der Waals surface area contributed by atoms with Gasteiger partial charge in [0, 0.05) is 5.50 Å². The minimum atomic E-state index is -0.594. The smallest absolute Gasteiger partial charge is 0.310 e. The van der Waals surface area contributed by atoms with Crippen molar-refractivity contribution in [2.24, 2.45) is 0 Å². The first-order chi connectivity index (χ1) is 1.91. The largest absolute Gasteiger partial charge is 0.314 e. The van der Waals surface area contributed by atoms with Gasteiger partial charge in [-0.3, -0.25) is 0 Å². The fraction of sp³-hybridized carbons (Fsp3) is 1.00. The van der Waals surface area contributed by atoms with Crippen molar-refractivity contribution < 1.29 is 4.11 Å². The maximum absolute atomic E-state index is 10.6. The normalized spacial score (nSPS) is 7.50. The molecule has 0 amide bonds. The first-order valence-corrected chi connectivity index (χ1v) is 2.43. The summed E-state index contributed by atoms with van der Waals surface area (Å²) in [7, 11) is -0.594. The summed E-state index contributed by atoms with van der Waals surface area (Å²) in [5.41, 5.74) is 0.153. The molecule has 0 heterocycles. The molecule has 0 spiro atoms. The summed E-state index contributed by atoms with van der Waals surface area (Å²) in [5.74, 6) is 0. The molecular weight excluding hydrogens is 94.5 g/mol. The number of rotatable bonds is 1. The monoisotopic (exact) mass is 96.0 g/mol. The van der Waals surface area contributed by atoms with Crippen LogP contribution in [0, 0.1) is 0 Å². The quantitative estimate of drug-likeness (QED) is 0.257. The molecule has 0 atom stereocenters. The van der Waals surface area contributed by atoms with Gasteiger partial charge in [0.05, 0.1) is 0 Å². The molecule has 2 radical (unpaired) electrons. The van der Waals surface area contributed by atoms with Crippen LogP contribution in [0.25, 0.3) is 0 Å². The van der Waals surface area contributed by atoms with E-state index >= 15 is 0 Å². The minimum absolute atomic E-state index is 0.153. The van der Waals surface area contributed by atoms with Crippen molar-refractivity contribution in [2.45, 2.75) is 0 Å². The standard InChI is InChI=1S/CH2ClFSi/c2-1-4-3/h1H2. The van der Waals surface area contributed by atoms with Gasteiger partial charge in [0.1, 0.15) is 0 Å². The Labute approximate surface area is 32.0 Å². The zero-order valence-corrected chi connectivity index (χ0v) is 3.72. The van der Waals surface area contributed by atoms with E-state index in [2.05, 4.69) is 0 Å². The Bertz CT molecular complexity index is 10.0. The first kappa shape index (κ1) is 4.44. The van der Waals surface area contributed by atoms with Gasteiger partial charge in [0.25, 0.3) is 0 Å². The van der Waals surface area contributed by atoms with Crippen LogP contribution in [0.2, 0.25) is 0 Å². The van der Waals surface area contributed by atoms with Gasteiger partial charge in [-0.2, -0.15) is 0 Å². The minimum Gasteiger partial charge on any atom is -0.314 e. The van der Waals surface area contributed by atoms with Crippen molar-refractivity contribution in [3.05, 3.63) is 0 Å². The predicted octanol–water partition coefficient (Wildman–Crippen LogP) is 0.771. The summed E-state index contributed by atoms with van der Waals surface area (Å²) >= 11 is 4.82. The molecule has 0 aromatic carbocycles. The lowest BCUT2D eigenvalue weighted by Crippen LogP contribution is -1.74. The maximum atomic E-state index is 10.6. The summed E-state index contributed by atoms with van der Waals surface area (Å²) in [6, 6.07) is 0. The van der Waals surface area contributed by atoms with Crippen LogP contribution < -0.4 is 0 Å². The molecular formula is CH2ClFSi. The molecule has 0 saturated carbocycles. The van der Waals surface area contributed by atoms with Gasteiger partial charge < -0.3 is 4.11 Å². The second-order valence-corrected chi connectivity index (χ2v) is 1.60. The van der Waals surface area contributed by atoms with Crippen molar-refractivity contribution in [1.82, 2.24) is 0 Å². The molecule has 0 N–H and O–H groups in total. The van der Waals surface area contributed by atoms with Crippen LogP contribution >= 0.6 is 11.6 Å². The Morgan fingerprint density at radius 3 is 2.25 bits per heavy atom. The van der Waals surface area contributed by atoms with E-state index in [1.807, 2.05) is 0 Å². The van der Waals surface area contributed by atoms with Crippen LogP contribution in [0.4, 0.5) is 4.11 Å². The van der Waals surface area contributed by atoms with Gasteiger partial charge in [0.2, 0.25) is 0 Å². The van der Waals surface area contributed by atoms with Crippen LogP contribution in [0.1, 0.15) is 0 Å². The van der Waals surface area contributed by atoms with E-state index in [4.69, 9.17) is 11.6 Å². The average molecular weight is 96.6 g/mol. The van der Waals surface area contributed by atoms with Crippen molar-refractivity contribution in [2.75, 3.05) is 5.50 Å². The van der Waals surface area contributed by atoms with Gasteiger partial charge >= 0.3 is 9.85 Å². The van der Waals surface area contributed by atoms with Gasteiger partial charge in [-0.15, -0.1) is 11.6 Å². The predicted molar refractivity (Wildman–Crippen MR) is 17.6 cm³/mol. The molecule has 0 aromatic heterocycles. The molecule has 0 aliphatic heterocycles. The zero-order chi connectivity index (χ0) is 3.41. The van der Waals surface area contributed by atoms with Crippen molar-refractivity contribution in [1.29, 1.82) is 0 Å². The van der Waals surface area contributed by atoms with Crippen LogP contribution in [0.3, 0.4) is 0 Å². The number of hydrogen-bond acceptors (Lipinski definition) is 0. The second-order valence-electron chi connectivity index (χ2n) is 0.267. The fourth-order valence-corrected chi connectivity index (χ4v) is 0. The van der Waals surface area contributed by atoms with Crippen molar-refractivity contribution in [3.8, 4) is 0 Å². The maximum Gasteiger partial charge on any atom is 0.310 e. The van der Waals surface area contributed by atoms with Crippen molar-refractivity contribution in [3.63, 3.8) is 0 Å². The Morgan fingerprint density at radius 1 is 2.00 bits per heavy atom. The molecule has 0 aliphatic carbocycles. The highest BCUT2D eigenvalue weighted by Gasteiger charge is 1.71. The molecule has 0 fully saturated rings. The lowest BCUT2D eigenvalue weighted by Gasteiger charge is -1.57. The fourth-order valence-electron chi connectivity index (χ4n) is 0. The molecule has 4 heavy (non-hydrogen) atoms. The summed E-state index contributed by atoms with van der Waals surface area (Å²) in [6.45, 7) is 0. The summed E-state index contributed by atoms with van der Waals surface area (Å²) in [4.78, 5) is 0. The van der Waals surface area contributed by atoms with E-state index < -0.39 is 9.85 Å². The molecule has 3 heteroatoms. The Balaban J connectivity index is 1.97. The highest BCUT2D eigenvalue weighted by Crippen LogP contribution is 1.65. The highest BCUT2D eigenvalue weighted by molar-refractivity contribution is 6.44. The molecule has 0 saturated heterocycles. The third-order valence-electron chi connectivity index (χ3n) is 0.0505. The van der Waals surface area contributed by atoms with E-state index in [1.165, 1.54) is 0 Å². The molecule has 0 aliphatic rings. The molecule has 0 unspecified atom stereocenters. The molecule has 24 valence electrons. The van der Waals surface area contributed by atoms with E-state index in [1.54, 1.807) is 0 Å². The zero-order valence-electron chi connectivity index (χ0n) is 1.96. The van der Waals surface area contributed by atoms with Crippen LogP contribution in [0.15, 0.2) is 0 Å². The number of alkyl halides is 1. The molecule has 0 aromatic rings. The third-order valence-corrected chi connectivity index (χ3v) is 0.455. The summed E-state index contributed by atoms with van der Waals surface area (Å²) in [6.07, 6.45) is 0. The lowest BCUT2D eigenvalue weighted by molar-refractivity contribution is 0.875. The number of halogens is 2. The average Bonchev–Trinajstić information content (AvgIpc) is 1.37. The van der Waals surface area contributed by atoms with E-state index in [-0.39, 0.29) is 5.50 Å². The SMILES string of the molecule is F[Si]CCl. The molecule has 0 bridgehead atoms. The van der Waals surface area contributed by atoms with Crippen molar-refractivity contribution >= 4 is 21.5 Å². The summed E-state index contributed by atoms with van der Waals surface area (Å²) in [5, 5.41) is 0. The third kappa shape index (κ3) is 2.44. The van der Waals surface area contributed by atoms with E-state index in [9.17, 15) is 4.11 Å². The van der Waals surface area contributed by atoms with E-state index in [0.717, 1.165) is 0 Å². The summed E-state index contributed by atoms with van der Waals surface area (Å²) < 4.78 is 10.6. The Hall–Kier alpha value is 0.437. The molecule has 0 rings (SSSR count). The van der Waals surface area contributed by atoms with Gasteiger partial charge in [-0.25, -0.2) is 0 Å². The Kier molecular flexibility index (Phi) is 3.81. The van der Waals surface area contributed by atoms with Crippen LogP contribution in [-0.4, -0.2) is 15.4 Å². The number of hydrogen-bond donors (Lipinski definition) is 0. The Morgan fingerprint density at radius 2 is 2.25 bits per heavy atom. The first-order valence-electron chi connectivity index (χ1n) is 0.810. The second kappa shape index (κ2) is 3.44. The van der Waals surface area contributed by atoms with Gasteiger partial charge in [-0.05, 0) is 0 Å². The topological polar surface area (TPSA) is 0 Å².